The van der Waals surface area contributed by atoms with Crippen molar-refractivity contribution in [2.24, 2.45) is 0 Å². The first-order valence-corrected chi connectivity index (χ1v) is 10.9. The Labute approximate surface area is 162 Å². The molecule has 0 bridgehead atoms. The molecule has 0 aliphatic rings. The summed E-state index contributed by atoms with van der Waals surface area (Å²) < 4.78 is 2.19. The molecule has 0 unspecified atom stereocenters. The van der Waals surface area contributed by atoms with Crippen molar-refractivity contribution in [2.75, 3.05) is 12.5 Å². The molecule has 2 nitrogen and oxygen atoms in total. The van der Waals surface area contributed by atoms with Crippen molar-refractivity contribution in [1.82, 2.24) is 4.57 Å². The van der Waals surface area contributed by atoms with Crippen LogP contribution in [0.15, 0.2) is 58.3 Å². The first-order valence-electron chi connectivity index (χ1n) is 8.50. The third-order valence-corrected chi connectivity index (χ3v) is 6.30. The van der Waals surface area contributed by atoms with Gasteiger partial charge in [0, 0.05) is 20.6 Å². The lowest BCUT2D eigenvalue weighted by atomic mass is 10.1. The molecule has 1 heterocycles. The molecule has 0 aliphatic carbocycles. The van der Waals surface area contributed by atoms with E-state index in [1.165, 1.54) is 20.6 Å². The Kier molecular flexibility index (Phi) is 4.41. The second kappa shape index (κ2) is 6.60. The average molecular weight is 380 g/mol. The van der Waals surface area contributed by atoms with Crippen LogP contribution in [-0.4, -0.2) is 22.2 Å². The lowest BCUT2D eigenvalue weighted by Crippen LogP contribution is -1.96. The fourth-order valence-electron chi connectivity index (χ4n) is 3.60. The van der Waals surface area contributed by atoms with Crippen molar-refractivity contribution in [2.45, 2.75) is 23.6 Å². The van der Waals surface area contributed by atoms with Crippen LogP contribution in [0.1, 0.15) is 11.1 Å². The average Bonchev–Trinajstić information content (AvgIpc) is 2.97. The molecule has 0 amide bonds. The van der Waals surface area contributed by atoms with Crippen LogP contribution in [0.4, 0.5) is 0 Å². The van der Waals surface area contributed by atoms with Gasteiger partial charge in [-0.05, 0) is 80.0 Å². The molecule has 1 aromatic heterocycles. The number of aromatic hydroxyl groups is 1. The number of thioether (sulfide) groups is 2. The SMILES string of the molecule is CSc1ccc2c(c1)c1cc(SC)ccc1n2-c1cc(C)cc(C)c1O. The van der Waals surface area contributed by atoms with E-state index in [1.54, 1.807) is 23.5 Å². The molecule has 0 spiro atoms. The molecule has 0 aliphatic heterocycles. The summed E-state index contributed by atoms with van der Waals surface area (Å²) in [5, 5.41) is 13.2. The first kappa shape index (κ1) is 17.4. The summed E-state index contributed by atoms with van der Waals surface area (Å²) in [6.45, 7) is 4.03. The van der Waals surface area contributed by atoms with Crippen LogP contribution in [0.25, 0.3) is 27.5 Å². The zero-order chi connectivity index (χ0) is 18.4. The molecule has 0 atom stereocenters. The second-order valence-corrected chi connectivity index (χ2v) is 8.31. The quantitative estimate of drug-likeness (QED) is 0.409. The van der Waals surface area contributed by atoms with Crippen molar-refractivity contribution in [3.05, 3.63) is 59.7 Å². The predicted molar refractivity (Wildman–Crippen MR) is 115 cm³/mol. The lowest BCUT2D eigenvalue weighted by Gasteiger charge is -2.13. The maximum Gasteiger partial charge on any atom is 0.142 e. The number of aryl methyl sites for hydroxylation is 2. The molecule has 0 saturated heterocycles. The molecule has 0 fully saturated rings. The van der Waals surface area contributed by atoms with E-state index in [4.69, 9.17) is 0 Å². The number of fused-ring (bicyclic) bond motifs is 3. The van der Waals surface area contributed by atoms with Gasteiger partial charge >= 0.3 is 0 Å². The summed E-state index contributed by atoms with van der Waals surface area (Å²) in [5.41, 5.74) is 5.13. The Hall–Kier alpha value is -2.04. The van der Waals surface area contributed by atoms with Crippen molar-refractivity contribution in [3.8, 4) is 11.4 Å². The highest BCUT2D eigenvalue weighted by Gasteiger charge is 2.17. The normalized spacial score (nSPS) is 11.5. The minimum absolute atomic E-state index is 0.345. The Morgan fingerprint density at radius 2 is 1.31 bits per heavy atom. The third kappa shape index (κ3) is 2.68. The van der Waals surface area contributed by atoms with Gasteiger partial charge in [0.2, 0.25) is 0 Å². The molecular formula is C22H21NOS2. The van der Waals surface area contributed by atoms with E-state index >= 15 is 0 Å². The van der Waals surface area contributed by atoms with Crippen LogP contribution in [0.3, 0.4) is 0 Å². The number of hydrogen-bond acceptors (Lipinski definition) is 3. The molecule has 1 N–H and O–H groups in total. The fourth-order valence-corrected chi connectivity index (χ4v) is 4.48. The van der Waals surface area contributed by atoms with Gasteiger partial charge in [0.05, 0.1) is 16.7 Å². The number of phenolic OH excluding ortho intramolecular Hbond substituents is 1. The number of rotatable bonds is 3. The van der Waals surface area contributed by atoms with Gasteiger partial charge in [0.15, 0.2) is 0 Å². The van der Waals surface area contributed by atoms with Crippen LogP contribution in [0.2, 0.25) is 0 Å². The Balaban J connectivity index is 2.18. The molecule has 26 heavy (non-hydrogen) atoms. The Morgan fingerprint density at radius 3 is 1.81 bits per heavy atom. The number of nitrogens with zero attached hydrogens (tertiary/aromatic N) is 1. The third-order valence-electron chi connectivity index (χ3n) is 4.85. The van der Waals surface area contributed by atoms with Gasteiger partial charge in [0.1, 0.15) is 5.75 Å². The molecule has 4 heteroatoms. The van der Waals surface area contributed by atoms with Crippen molar-refractivity contribution in [1.29, 1.82) is 0 Å². The minimum Gasteiger partial charge on any atom is -0.505 e. The number of phenols is 1. The van der Waals surface area contributed by atoms with Gasteiger partial charge in [-0.2, -0.15) is 0 Å². The first-order chi connectivity index (χ1) is 12.5. The van der Waals surface area contributed by atoms with Crippen LogP contribution in [-0.2, 0) is 0 Å². The molecule has 0 radical (unpaired) electrons. The highest BCUT2D eigenvalue weighted by atomic mass is 32.2. The van der Waals surface area contributed by atoms with E-state index in [2.05, 4.69) is 66.5 Å². The van der Waals surface area contributed by atoms with E-state index in [9.17, 15) is 5.11 Å². The van der Waals surface area contributed by atoms with Crippen LogP contribution in [0, 0.1) is 13.8 Å². The maximum absolute atomic E-state index is 10.8. The monoisotopic (exact) mass is 379 g/mol. The van der Waals surface area contributed by atoms with E-state index in [-0.39, 0.29) is 0 Å². The lowest BCUT2D eigenvalue weighted by molar-refractivity contribution is 0.469. The van der Waals surface area contributed by atoms with E-state index in [0.29, 0.717) is 5.75 Å². The summed E-state index contributed by atoms with van der Waals surface area (Å²) in [6.07, 6.45) is 4.20. The van der Waals surface area contributed by atoms with E-state index < -0.39 is 0 Å². The predicted octanol–water partition coefficient (Wildman–Crippen LogP) is 6.55. The molecule has 132 valence electrons. The van der Waals surface area contributed by atoms with Gasteiger partial charge in [-0.1, -0.05) is 6.07 Å². The zero-order valence-corrected chi connectivity index (χ0v) is 17.0. The van der Waals surface area contributed by atoms with Crippen LogP contribution in [0.5, 0.6) is 5.75 Å². The summed E-state index contributed by atoms with van der Waals surface area (Å²) in [6, 6.07) is 17.2. The Morgan fingerprint density at radius 1 is 0.769 bits per heavy atom. The van der Waals surface area contributed by atoms with E-state index in [0.717, 1.165) is 27.8 Å². The zero-order valence-electron chi connectivity index (χ0n) is 15.3. The minimum atomic E-state index is 0.345. The fraction of sp³-hybridized carbons (Fsp3) is 0.182. The Bertz CT molecular complexity index is 1080. The standard InChI is InChI=1S/C22H21NOS2/c1-13-9-14(2)22(24)21(10-13)23-19-7-5-15(25-3)11-17(19)18-12-16(26-4)6-8-20(18)23/h5-12,24H,1-4H3. The van der Waals surface area contributed by atoms with Gasteiger partial charge in [0.25, 0.3) is 0 Å². The molecular weight excluding hydrogens is 358 g/mol. The highest BCUT2D eigenvalue weighted by Crippen LogP contribution is 2.39. The molecule has 4 aromatic rings. The number of hydrogen-bond donors (Lipinski definition) is 1. The van der Waals surface area contributed by atoms with Gasteiger partial charge in [-0.25, -0.2) is 0 Å². The van der Waals surface area contributed by atoms with Gasteiger partial charge in [-0.15, -0.1) is 23.5 Å². The number of benzene rings is 3. The van der Waals surface area contributed by atoms with Crippen molar-refractivity contribution >= 4 is 45.3 Å². The molecule has 4 rings (SSSR count). The van der Waals surface area contributed by atoms with Crippen molar-refractivity contribution in [3.63, 3.8) is 0 Å². The number of aromatic nitrogens is 1. The molecule has 0 saturated carbocycles. The largest absolute Gasteiger partial charge is 0.505 e. The summed E-state index contributed by atoms with van der Waals surface area (Å²) in [4.78, 5) is 2.49. The maximum atomic E-state index is 10.8. The molecule has 3 aromatic carbocycles. The summed E-state index contributed by atoms with van der Waals surface area (Å²) in [7, 11) is 0. The summed E-state index contributed by atoms with van der Waals surface area (Å²) >= 11 is 3.50. The smallest absolute Gasteiger partial charge is 0.142 e. The topological polar surface area (TPSA) is 25.2 Å². The van der Waals surface area contributed by atoms with Crippen LogP contribution < -0.4 is 0 Å². The van der Waals surface area contributed by atoms with Gasteiger partial charge < -0.3 is 9.67 Å². The summed E-state index contributed by atoms with van der Waals surface area (Å²) in [5.74, 6) is 0.345. The van der Waals surface area contributed by atoms with E-state index in [1.807, 2.05) is 13.0 Å². The second-order valence-electron chi connectivity index (χ2n) is 6.55. The highest BCUT2D eigenvalue weighted by molar-refractivity contribution is 7.98. The van der Waals surface area contributed by atoms with Crippen LogP contribution >= 0.6 is 23.5 Å². The van der Waals surface area contributed by atoms with Crippen molar-refractivity contribution < 1.29 is 5.11 Å². The van der Waals surface area contributed by atoms with Gasteiger partial charge in [-0.3, -0.25) is 0 Å².